The van der Waals surface area contributed by atoms with Crippen LogP contribution in [-0.4, -0.2) is 30.8 Å². The molecule has 11 heteroatoms. The summed E-state index contributed by atoms with van der Waals surface area (Å²) in [5.74, 6) is 0.560. The second-order valence-corrected chi connectivity index (χ2v) is 5.49. The average Bonchev–Trinajstić information content (AvgIpc) is 2.58. The van der Waals surface area contributed by atoms with Crippen molar-refractivity contribution in [1.29, 1.82) is 0 Å². The lowest BCUT2D eigenvalue weighted by Gasteiger charge is -2.09. The number of halogens is 5. The van der Waals surface area contributed by atoms with Gasteiger partial charge in [0.05, 0.1) is 18.7 Å². The van der Waals surface area contributed by atoms with Gasteiger partial charge in [-0.2, -0.15) is 13.2 Å². The molecule has 1 aromatic carbocycles. The maximum Gasteiger partial charge on any atom is 0.422 e. The molecule has 0 aliphatic rings. The molecule has 6 nitrogen and oxygen atoms in total. The third-order valence-electron chi connectivity index (χ3n) is 3.04. The van der Waals surface area contributed by atoms with E-state index in [4.69, 9.17) is 22.1 Å². The van der Waals surface area contributed by atoms with E-state index >= 15 is 0 Å². The van der Waals surface area contributed by atoms with Gasteiger partial charge in [-0.1, -0.05) is 17.7 Å². The summed E-state index contributed by atoms with van der Waals surface area (Å²) >= 11 is 6.02. The van der Waals surface area contributed by atoms with Crippen LogP contribution in [0.4, 0.5) is 18.9 Å². The molecule has 0 spiro atoms. The molecule has 2 aromatic rings. The maximum atomic E-state index is 12.1. The molecule has 148 valence electrons. The van der Waals surface area contributed by atoms with Gasteiger partial charge in [-0.15, -0.1) is 24.0 Å². The molecule has 1 aromatic heterocycles. The summed E-state index contributed by atoms with van der Waals surface area (Å²) in [7, 11) is 1.51. The molecule has 0 amide bonds. The fourth-order valence-corrected chi connectivity index (χ4v) is 2.11. The molecule has 27 heavy (non-hydrogen) atoms. The first-order valence-corrected chi connectivity index (χ1v) is 7.69. The number of methoxy groups -OCH3 is 1. The smallest absolute Gasteiger partial charge is 0.422 e. The van der Waals surface area contributed by atoms with Crippen LogP contribution in [0.25, 0.3) is 0 Å². The molecular weight excluding hydrogens is 500 g/mol. The molecule has 2 rings (SSSR count). The molecule has 0 saturated heterocycles. The highest BCUT2D eigenvalue weighted by Gasteiger charge is 2.28. The zero-order chi connectivity index (χ0) is 19.2. The second-order valence-electron chi connectivity index (χ2n) is 5.08. The highest BCUT2D eigenvalue weighted by atomic mass is 127. The van der Waals surface area contributed by atoms with E-state index in [1.165, 1.54) is 19.4 Å². The summed E-state index contributed by atoms with van der Waals surface area (Å²) in [5.41, 5.74) is 7.08. The van der Waals surface area contributed by atoms with E-state index in [0.717, 1.165) is 0 Å². The number of rotatable bonds is 6. The van der Waals surface area contributed by atoms with E-state index in [0.29, 0.717) is 22.0 Å². The molecular formula is C16H17ClF3IN4O2. The van der Waals surface area contributed by atoms with Gasteiger partial charge in [-0.05, 0) is 23.8 Å². The second kappa shape index (κ2) is 10.4. The van der Waals surface area contributed by atoms with Gasteiger partial charge >= 0.3 is 6.18 Å². The highest BCUT2D eigenvalue weighted by molar-refractivity contribution is 14.0. The van der Waals surface area contributed by atoms with Gasteiger partial charge in [0.1, 0.15) is 5.75 Å². The van der Waals surface area contributed by atoms with Crippen LogP contribution in [0.2, 0.25) is 5.02 Å². The number of anilines is 1. The van der Waals surface area contributed by atoms with E-state index in [1.807, 2.05) is 0 Å². The molecule has 0 bridgehead atoms. The lowest BCUT2D eigenvalue weighted by molar-refractivity contribution is -0.154. The Kier molecular flexibility index (Phi) is 8.89. The Hall–Kier alpha value is -1.95. The van der Waals surface area contributed by atoms with E-state index in [-0.39, 0.29) is 42.4 Å². The minimum atomic E-state index is -4.41. The van der Waals surface area contributed by atoms with Crippen molar-refractivity contribution < 1.29 is 22.6 Å². The number of ether oxygens (including phenoxy) is 2. The lowest BCUT2D eigenvalue weighted by atomic mass is 10.3. The van der Waals surface area contributed by atoms with Crippen LogP contribution in [0.3, 0.4) is 0 Å². The van der Waals surface area contributed by atoms with Crippen molar-refractivity contribution in [2.75, 3.05) is 19.0 Å². The lowest BCUT2D eigenvalue weighted by Crippen LogP contribution is -2.22. The molecule has 3 N–H and O–H groups in total. The highest BCUT2D eigenvalue weighted by Crippen LogP contribution is 2.27. The number of pyridine rings is 1. The van der Waals surface area contributed by atoms with Gasteiger partial charge in [0.25, 0.3) is 0 Å². The van der Waals surface area contributed by atoms with Gasteiger partial charge in [0.2, 0.25) is 5.88 Å². The number of aliphatic imine (C=N–C) groups is 1. The van der Waals surface area contributed by atoms with Gasteiger partial charge in [0.15, 0.2) is 12.6 Å². The van der Waals surface area contributed by atoms with Crippen LogP contribution in [0.5, 0.6) is 11.6 Å². The van der Waals surface area contributed by atoms with E-state index < -0.39 is 12.8 Å². The standard InChI is InChI=1S/C16H16ClF3N4O2.HI/c1-25-13-4-3-11(6-12(13)17)24-15(21)23-8-10-2-5-14(22-7-10)26-9-16(18,19)20;/h2-7H,8-9H2,1H3,(H3,21,23,24);1H. The molecule has 0 radical (unpaired) electrons. The first-order valence-electron chi connectivity index (χ1n) is 7.32. The summed E-state index contributed by atoms with van der Waals surface area (Å²) in [6, 6.07) is 7.93. The number of hydrogen-bond acceptors (Lipinski definition) is 4. The Morgan fingerprint density at radius 3 is 2.59 bits per heavy atom. The zero-order valence-electron chi connectivity index (χ0n) is 14.1. The van der Waals surface area contributed by atoms with Gasteiger partial charge in [0, 0.05) is 18.0 Å². The fraction of sp³-hybridized carbons (Fsp3) is 0.250. The topological polar surface area (TPSA) is 81.8 Å². The third-order valence-corrected chi connectivity index (χ3v) is 3.33. The maximum absolute atomic E-state index is 12.1. The molecule has 1 heterocycles. The number of nitrogens with one attached hydrogen (secondary N) is 1. The summed E-state index contributed by atoms with van der Waals surface area (Å²) < 4.78 is 45.8. The van der Waals surface area contributed by atoms with E-state index in [9.17, 15) is 13.2 Å². The first kappa shape index (κ1) is 23.1. The van der Waals surface area contributed by atoms with Crippen molar-refractivity contribution in [2.45, 2.75) is 12.7 Å². The van der Waals surface area contributed by atoms with E-state index in [1.54, 1.807) is 24.3 Å². The van der Waals surface area contributed by atoms with Crippen molar-refractivity contribution in [1.82, 2.24) is 4.98 Å². The van der Waals surface area contributed by atoms with Crippen LogP contribution < -0.4 is 20.5 Å². The third kappa shape index (κ3) is 8.08. The predicted molar refractivity (Wildman–Crippen MR) is 108 cm³/mol. The number of hydrogen-bond donors (Lipinski definition) is 2. The molecule has 0 atom stereocenters. The SMILES string of the molecule is COc1ccc(NC(N)=NCc2ccc(OCC(F)(F)F)nc2)cc1Cl.I. The Balaban J connectivity index is 0.00000364. The number of aromatic nitrogens is 1. The molecule has 0 aliphatic carbocycles. The number of nitrogens with zero attached hydrogens (tertiary/aromatic N) is 2. The number of nitrogens with two attached hydrogens (primary N) is 1. The minimum Gasteiger partial charge on any atom is -0.495 e. The molecule has 0 fully saturated rings. The van der Waals surface area contributed by atoms with Crippen molar-refractivity contribution in [2.24, 2.45) is 10.7 Å². The van der Waals surface area contributed by atoms with Crippen molar-refractivity contribution in [3.8, 4) is 11.6 Å². The largest absolute Gasteiger partial charge is 0.495 e. The summed E-state index contributed by atoms with van der Waals surface area (Å²) in [6.45, 7) is -1.20. The van der Waals surface area contributed by atoms with Gasteiger partial charge < -0.3 is 20.5 Å². The van der Waals surface area contributed by atoms with Gasteiger partial charge in [-0.3, -0.25) is 0 Å². The van der Waals surface area contributed by atoms with Crippen LogP contribution >= 0.6 is 35.6 Å². The minimum absolute atomic E-state index is 0. The summed E-state index contributed by atoms with van der Waals surface area (Å²) in [5, 5.41) is 3.29. The van der Waals surface area contributed by atoms with E-state index in [2.05, 4.69) is 20.0 Å². The Morgan fingerprint density at radius 1 is 1.30 bits per heavy atom. The average molecular weight is 517 g/mol. The summed E-state index contributed by atoms with van der Waals surface area (Å²) in [4.78, 5) is 7.92. The Morgan fingerprint density at radius 2 is 2.04 bits per heavy atom. The normalized spacial score (nSPS) is 11.5. The Labute approximate surface area is 175 Å². The Bertz CT molecular complexity index is 773. The van der Waals surface area contributed by atoms with Crippen molar-refractivity contribution >= 4 is 47.2 Å². The number of guanidine groups is 1. The first-order chi connectivity index (χ1) is 12.3. The molecule has 0 aliphatic heterocycles. The quantitative estimate of drug-likeness (QED) is 0.341. The van der Waals surface area contributed by atoms with Crippen molar-refractivity contribution in [3.63, 3.8) is 0 Å². The van der Waals surface area contributed by atoms with Crippen LogP contribution in [0, 0.1) is 0 Å². The molecule has 0 saturated carbocycles. The monoisotopic (exact) mass is 516 g/mol. The number of benzene rings is 1. The predicted octanol–water partition coefficient (Wildman–Crippen LogP) is 4.23. The van der Waals surface area contributed by atoms with Gasteiger partial charge in [-0.25, -0.2) is 9.98 Å². The fourth-order valence-electron chi connectivity index (χ4n) is 1.85. The van der Waals surface area contributed by atoms with Crippen LogP contribution in [-0.2, 0) is 6.54 Å². The zero-order valence-corrected chi connectivity index (χ0v) is 17.2. The van der Waals surface area contributed by atoms with Crippen LogP contribution in [0.15, 0.2) is 41.5 Å². The van der Waals surface area contributed by atoms with Crippen LogP contribution in [0.1, 0.15) is 5.56 Å². The van der Waals surface area contributed by atoms with Crippen molar-refractivity contribution in [3.05, 3.63) is 47.1 Å². The summed E-state index contributed by atoms with van der Waals surface area (Å²) in [6.07, 6.45) is -3.04. The number of alkyl halides is 3. The molecule has 0 unspecified atom stereocenters.